The van der Waals surface area contributed by atoms with Crippen molar-refractivity contribution in [2.45, 2.75) is 25.8 Å². The molecule has 1 heterocycles. The fourth-order valence-electron chi connectivity index (χ4n) is 1.91. The summed E-state index contributed by atoms with van der Waals surface area (Å²) in [6, 6.07) is 8.05. The molecule has 0 amide bonds. The average Bonchev–Trinajstić information content (AvgIpc) is 2.94. The smallest absolute Gasteiger partial charge is 0.133 e. The van der Waals surface area contributed by atoms with Gasteiger partial charge in [-0.2, -0.15) is 5.26 Å². The van der Waals surface area contributed by atoms with Gasteiger partial charge in [0.2, 0.25) is 0 Å². The van der Waals surface area contributed by atoms with Crippen LogP contribution in [0.15, 0.2) is 33.0 Å². The van der Waals surface area contributed by atoms with Gasteiger partial charge in [-0.05, 0) is 47.5 Å². The molecule has 2 rings (SSSR count). The summed E-state index contributed by atoms with van der Waals surface area (Å²) in [6.45, 7) is 3.91. The minimum atomic E-state index is -0.400. The Bertz CT molecular complexity index is 720. The summed E-state index contributed by atoms with van der Waals surface area (Å²) in [6.07, 6.45) is 1.68. The molecule has 2 atom stereocenters. The van der Waals surface area contributed by atoms with E-state index in [2.05, 4.69) is 32.0 Å². The van der Waals surface area contributed by atoms with Gasteiger partial charge in [0.05, 0.1) is 23.7 Å². The molecule has 0 spiro atoms. The SMILES string of the molecule is COc1ccc([C@@H](C)N=C[C@@H](C#N)c2nc(C)cs2)cc1Br. The predicted molar refractivity (Wildman–Crippen MR) is 92.8 cm³/mol. The molecule has 0 unspecified atom stereocenters. The van der Waals surface area contributed by atoms with Crippen molar-refractivity contribution in [3.63, 3.8) is 0 Å². The fourth-order valence-corrected chi connectivity index (χ4v) is 3.27. The Morgan fingerprint density at radius 1 is 1.50 bits per heavy atom. The van der Waals surface area contributed by atoms with Crippen LogP contribution in [0.4, 0.5) is 0 Å². The molecule has 0 aliphatic carbocycles. The van der Waals surface area contributed by atoms with Gasteiger partial charge in [0.25, 0.3) is 0 Å². The van der Waals surface area contributed by atoms with Crippen LogP contribution in [-0.4, -0.2) is 18.3 Å². The maximum Gasteiger partial charge on any atom is 0.133 e. The highest BCUT2D eigenvalue weighted by Gasteiger charge is 2.13. The van der Waals surface area contributed by atoms with E-state index in [9.17, 15) is 5.26 Å². The van der Waals surface area contributed by atoms with E-state index < -0.39 is 5.92 Å². The van der Waals surface area contributed by atoms with Crippen molar-refractivity contribution in [1.29, 1.82) is 5.26 Å². The van der Waals surface area contributed by atoms with E-state index >= 15 is 0 Å². The third kappa shape index (κ3) is 3.93. The first kappa shape index (κ1) is 16.7. The summed E-state index contributed by atoms with van der Waals surface area (Å²) in [7, 11) is 1.63. The number of nitrogens with zero attached hydrogens (tertiary/aromatic N) is 3. The molecule has 6 heteroatoms. The van der Waals surface area contributed by atoms with Crippen LogP contribution in [0, 0.1) is 18.3 Å². The predicted octanol–water partition coefficient (Wildman–Crippen LogP) is 4.66. The van der Waals surface area contributed by atoms with Crippen LogP contribution in [-0.2, 0) is 0 Å². The molecule has 1 aromatic carbocycles. The van der Waals surface area contributed by atoms with Gasteiger partial charge in [0.1, 0.15) is 16.7 Å². The maximum absolute atomic E-state index is 9.29. The van der Waals surface area contributed by atoms with Gasteiger partial charge in [0, 0.05) is 17.3 Å². The number of aromatic nitrogens is 1. The van der Waals surface area contributed by atoms with Crippen molar-refractivity contribution in [3.8, 4) is 11.8 Å². The quantitative estimate of drug-likeness (QED) is 0.711. The highest BCUT2D eigenvalue weighted by atomic mass is 79.9. The average molecular weight is 378 g/mol. The maximum atomic E-state index is 9.29. The minimum absolute atomic E-state index is 0.0425. The van der Waals surface area contributed by atoms with E-state index in [4.69, 9.17) is 4.74 Å². The number of nitriles is 1. The zero-order valence-electron chi connectivity index (χ0n) is 12.6. The molecule has 114 valence electrons. The zero-order chi connectivity index (χ0) is 16.1. The van der Waals surface area contributed by atoms with Crippen LogP contribution >= 0.6 is 27.3 Å². The molecule has 4 nitrogen and oxygen atoms in total. The lowest BCUT2D eigenvalue weighted by molar-refractivity contribution is 0.412. The number of methoxy groups -OCH3 is 1. The van der Waals surface area contributed by atoms with Crippen molar-refractivity contribution in [2.75, 3.05) is 7.11 Å². The molecular formula is C16H16BrN3OS. The molecule has 2 aromatic rings. The van der Waals surface area contributed by atoms with Crippen molar-refractivity contribution in [3.05, 3.63) is 44.3 Å². The Morgan fingerprint density at radius 3 is 2.82 bits per heavy atom. The molecular weight excluding hydrogens is 362 g/mol. The third-order valence-corrected chi connectivity index (χ3v) is 4.82. The lowest BCUT2D eigenvalue weighted by Gasteiger charge is -2.10. The lowest BCUT2D eigenvalue weighted by atomic mass is 10.1. The van der Waals surface area contributed by atoms with E-state index in [1.807, 2.05) is 37.4 Å². The van der Waals surface area contributed by atoms with Crippen LogP contribution in [0.5, 0.6) is 5.75 Å². The van der Waals surface area contributed by atoms with Gasteiger partial charge >= 0.3 is 0 Å². The third-order valence-electron chi connectivity index (χ3n) is 3.16. The van der Waals surface area contributed by atoms with Gasteiger partial charge in [-0.3, -0.25) is 4.99 Å². The number of aliphatic imine (C=N–C) groups is 1. The number of ether oxygens (including phenoxy) is 1. The van der Waals surface area contributed by atoms with Gasteiger partial charge in [-0.25, -0.2) is 4.98 Å². The van der Waals surface area contributed by atoms with Gasteiger partial charge in [0.15, 0.2) is 0 Å². The number of benzene rings is 1. The second-order valence-corrected chi connectivity index (χ2v) is 6.55. The van der Waals surface area contributed by atoms with Crippen LogP contribution in [0.1, 0.15) is 35.1 Å². The molecule has 0 bridgehead atoms. The number of hydrogen-bond acceptors (Lipinski definition) is 5. The number of aryl methyl sites for hydroxylation is 1. The molecule has 0 fully saturated rings. The first-order chi connectivity index (χ1) is 10.5. The summed E-state index contributed by atoms with van der Waals surface area (Å²) in [5.41, 5.74) is 1.98. The Morgan fingerprint density at radius 2 is 2.27 bits per heavy atom. The van der Waals surface area contributed by atoms with Crippen molar-refractivity contribution in [1.82, 2.24) is 4.98 Å². The molecule has 0 aliphatic heterocycles. The summed E-state index contributed by atoms with van der Waals surface area (Å²) >= 11 is 4.96. The molecule has 0 aliphatic rings. The second-order valence-electron chi connectivity index (χ2n) is 4.80. The molecule has 1 aromatic heterocycles. The van der Waals surface area contributed by atoms with Crippen LogP contribution in [0.2, 0.25) is 0 Å². The monoisotopic (exact) mass is 377 g/mol. The molecule has 0 saturated carbocycles. The van der Waals surface area contributed by atoms with Gasteiger partial charge in [-0.15, -0.1) is 11.3 Å². The van der Waals surface area contributed by atoms with Crippen molar-refractivity contribution >= 4 is 33.5 Å². The molecule has 0 N–H and O–H groups in total. The highest BCUT2D eigenvalue weighted by molar-refractivity contribution is 9.10. The van der Waals surface area contributed by atoms with Crippen LogP contribution in [0.25, 0.3) is 0 Å². The Labute approximate surface area is 142 Å². The molecule has 22 heavy (non-hydrogen) atoms. The largest absolute Gasteiger partial charge is 0.496 e. The first-order valence-corrected chi connectivity index (χ1v) is 8.40. The Kier molecular flexibility index (Phi) is 5.69. The number of hydrogen-bond donors (Lipinski definition) is 0. The zero-order valence-corrected chi connectivity index (χ0v) is 15.0. The van der Waals surface area contributed by atoms with Crippen molar-refractivity contribution < 1.29 is 4.74 Å². The van der Waals surface area contributed by atoms with E-state index in [-0.39, 0.29) is 6.04 Å². The molecule has 0 radical (unpaired) electrons. The minimum Gasteiger partial charge on any atom is -0.496 e. The lowest BCUT2D eigenvalue weighted by Crippen LogP contribution is -1.99. The first-order valence-electron chi connectivity index (χ1n) is 6.73. The Balaban J connectivity index is 2.14. The number of thiazole rings is 1. The normalized spacial score (nSPS) is 13.8. The fraction of sp³-hybridized carbons (Fsp3) is 0.312. The topological polar surface area (TPSA) is 58.3 Å². The van der Waals surface area contributed by atoms with E-state index in [1.54, 1.807) is 13.3 Å². The van der Waals surface area contributed by atoms with Gasteiger partial charge < -0.3 is 4.74 Å². The van der Waals surface area contributed by atoms with E-state index in [0.717, 1.165) is 26.5 Å². The van der Waals surface area contributed by atoms with Crippen LogP contribution < -0.4 is 4.74 Å². The van der Waals surface area contributed by atoms with Gasteiger partial charge in [-0.1, -0.05) is 6.07 Å². The summed E-state index contributed by atoms with van der Waals surface area (Å²) in [5, 5.41) is 12.0. The number of halogens is 1. The summed E-state index contributed by atoms with van der Waals surface area (Å²) in [4.78, 5) is 8.86. The number of rotatable bonds is 5. The second kappa shape index (κ2) is 7.52. The Hall–Kier alpha value is -1.71. The summed E-state index contributed by atoms with van der Waals surface area (Å²) < 4.78 is 6.11. The van der Waals surface area contributed by atoms with E-state index in [1.165, 1.54) is 11.3 Å². The van der Waals surface area contributed by atoms with Crippen LogP contribution in [0.3, 0.4) is 0 Å². The summed E-state index contributed by atoms with van der Waals surface area (Å²) in [5.74, 6) is 0.385. The standard InChI is InChI=1S/C16H16BrN3OS/c1-10-9-22-16(20-10)13(7-18)8-19-11(2)12-4-5-15(21-3)14(17)6-12/h4-6,8-9,11,13H,1-3H3/t11-,13-/m1/s1. The van der Waals surface area contributed by atoms with Crippen molar-refractivity contribution in [2.24, 2.45) is 4.99 Å². The highest BCUT2D eigenvalue weighted by Crippen LogP contribution is 2.29. The van der Waals surface area contributed by atoms with E-state index in [0.29, 0.717) is 0 Å². The molecule has 0 saturated heterocycles.